The quantitative estimate of drug-likeness (QED) is 0.901. The fourth-order valence-electron chi connectivity index (χ4n) is 2.41. The van der Waals surface area contributed by atoms with Gasteiger partial charge in [-0.2, -0.15) is 4.31 Å². The van der Waals surface area contributed by atoms with E-state index in [0.29, 0.717) is 11.4 Å². The SMILES string of the molecule is CNc1ccc(S(=O)(=O)N2CCN(C)CC2C)cc1. The third kappa shape index (κ3) is 2.91. The van der Waals surface area contributed by atoms with Crippen molar-refractivity contribution in [3.8, 4) is 0 Å². The van der Waals surface area contributed by atoms with Crippen molar-refractivity contribution in [1.29, 1.82) is 0 Å². The topological polar surface area (TPSA) is 52.7 Å². The lowest BCUT2D eigenvalue weighted by molar-refractivity contribution is 0.170. The lowest BCUT2D eigenvalue weighted by Gasteiger charge is -2.37. The summed E-state index contributed by atoms with van der Waals surface area (Å²) in [6.45, 7) is 4.05. The standard InChI is InChI=1S/C13H21N3O2S/c1-11-10-15(3)8-9-16(11)19(17,18)13-6-4-12(14-2)5-7-13/h4-7,11,14H,8-10H2,1-3H3. The molecular formula is C13H21N3O2S. The van der Waals surface area contributed by atoms with Crippen molar-refractivity contribution >= 4 is 15.7 Å². The fourth-order valence-corrected chi connectivity index (χ4v) is 4.02. The lowest BCUT2D eigenvalue weighted by Crippen LogP contribution is -2.52. The van der Waals surface area contributed by atoms with Crippen LogP contribution in [0, 0.1) is 0 Å². The Morgan fingerprint density at radius 2 is 1.84 bits per heavy atom. The second-order valence-electron chi connectivity index (χ2n) is 5.00. The van der Waals surface area contributed by atoms with Crippen molar-refractivity contribution in [3.63, 3.8) is 0 Å². The molecule has 1 saturated heterocycles. The van der Waals surface area contributed by atoms with Gasteiger partial charge in [0.2, 0.25) is 10.0 Å². The number of hydrogen-bond acceptors (Lipinski definition) is 4. The van der Waals surface area contributed by atoms with Gasteiger partial charge in [-0.3, -0.25) is 0 Å². The number of benzene rings is 1. The van der Waals surface area contributed by atoms with E-state index in [2.05, 4.69) is 10.2 Å². The fraction of sp³-hybridized carbons (Fsp3) is 0.538. The first-order chi connectivity index (χ1) is 8.95. The van der Waals surface area contributed by atoms with Crippen LogP contribution in [-0.4, -0.2) is 57.4 Å². The van der Waals surface area contributed by atoms with Crippen molar-refractivity contribution in [2.75, 3.05) is 39.0 Å². The van der Waals surface area contributed by atoms with E-state index < -0.39 is 10.0 Å². The number of rotatable bonds is 3. The first-order valence-electron chi connectivity index (χ1n) is 6.43. The largest absolute Gasteiger partial charge is 0.388 e. The molecule has 1 fully saturated rings. The minimum atomic E-state index is -3.38. The Balaban J connectivity index is 2.26. The van der Waals surface area contributed by atoms with Crippen LogP contribution in [0.2, 0.25) is 0 Å². The minimum absolute atomic E-state index is 0.00715. The Hall–Kier alpha value is -1.11. The van der Waals surface area contributed by atoms with Crippen LogP contribution >= 0.6 is 0 Å². The molecule has 1 aromatic carbocycles. The zero-order valence-electron chi connectivity index (χ0n) is 11.6. The molecule has 0 amide bonds. The normalized spacial score (nSPS) is 22.4. The van der Waals surface area contributed by atoms with E-state index in [-0.39, 0.29) is 6.04 Å². The molecule has 0 aromatic heterocycles. The average Bonchev–Trinajstić information content (AvgIpc) is 2.38. The number of hydrogen-bond donors (Lipinski definition) is 1. The number of nitrogens with one attached hydrogen (secondary N) is 1. The summed E-state index contributed by atoms with van der Waals surface area (Å²) in [4.78, 5) is 2.52. The van der Waals surface area contributed by atoms with E-state index in [9.17, 15) is 8.42 Å². The van der Waals surface area contributed by atoms with E-state index in [1.165, 1.54) is 0 Å². The predicted octanol–water partition coefficient (Wildman–Crippen LogP) is 1.05. The maximum absolute atomic E-state index is 12.6. The van der Waals surface area contributed by atoms with Gasteiger partial charge in [-0.05, 0) is 38.2 Å². The molecule has 2 rings (SSSR count). The second-order valence-corrected chi connectivity index (χ2v) is 6.89. The summed E-state index contributed by atoms with van der Waals surface area (Å²) < 4.78 is 26.8. The Bertz CT molecular complexity index is 527. The van der Waals surface area contributed by atoms with Crippen molar-refractivity contribution in [2.45, 2.75) is 17.9 Å². The molecule has 1 unspecified atom stereocenters. The maximum atomic E-state index is 12.6. The minimum Gasteiger partial charge on any atom is -0.388 e. The third-order valence-electron chi connectivity index (χ3n) is 3.52. The monoisotopic (exact) mass is 283 g/mol. The molecule has 0 bridgehead atoms. The number of sulfonamides is 1. The van der Waals surface area contributed by atoms with Gasteiger partial charge in [0, 0.05) is 38.4 Å². The van der Waals surface area contributed by atoms with Crippen molar-refractivity contribution < 1.29 is 8.42 Å². The predicted molar refractivity (Wildman–Crippen MR) is 76.8 cm³/mol. The zero-order valence-corrected chi connectivity index (χ0v) is 12.4. The summed E-state index contributed by atoms with van der Waals surface area (Å²) in [5.74, 6) is 0. The highest BCUT2D eigenvalue weighted by Gasteiger charge is 2.32. The van der Waals surface area contributed by atoms with Gasteiger partial charge < -0.3 is 10.2 Å². The van der Waals surface area contributed by atoms with Gasteiger partial charge in [-0.25, -0.2) is 8.42 Å². The first-order valence-corrected chi connectivity index (χ1v) is 7.87. The molecule has 106 valence electrons. The molecule has 6 heteroatoms. The van der Waals surface area contributed by atoms with Gasteiger partial charge in [0.15, 0.2) is 0 Å². The number of nitrogens with zero attached hydrogens (tertiary/aromatic N) is 2. The highest BCUT2D eigenvalue weighted by Crippen LogP contribution is 2.22. The summed E-state index contributed by atoms with van der Waals surface area (Å²) in [5, 5.41) is 2.98. The van der Waals surface area contributed by atoms with Gasteiger partial charge in [0.05, 0.1) is 4.90 Å². The molecule has 0 spiro atoms. The van der Waals surface area contributed by atoms with Crippen molar-refractivity contribution in [1.82, 2.24) is 9.21 Å². The van der Waals surface area contributed by atoms with Gasteiger partial charge in [-0.15, -0.1) is 0 Å². The zero-order chi connectivity index (χ0) is 14.0. The molecule has 0 radical (unpaired) electrons. The molecule has 5 nitrogen and oxygen atoms in total. The molecule has 1 heterocycles. The van der Waals surface area contributed by atoms with Crippen LogP contribution in [0.1, 0.15) is 6.92 Å². The van der Waals surface area contributed by atoms with E-state index in [0.717, 1.165) is 18.8 Å². The van der Waals surface area contributed by atoms with Crippen LogP contribution in [0.15, 0.2) is 29.2 Å². The summed E-state index contributed by atoms with van der Waals surface area (Å²) >= 11 is 0. The molecule has 1 aromatic rings. The number of piperazine rings is 1. The maximum Gasteiger partial charge on any atom is 0.243 e. The first kappa shape index (κ1) is 14.3. The van der Waals surface area contributed by atoms with E-state index in [1.807, 2.05) is 21.0 Å². The summed E-state index contributed by atoms with van der Waals surface area (Å²) in [5.41, 5.74) is 0.908. The number of anilines is 1. The van der Waals surface area contributed by atoms with Crippen LogP contribution in [0.3, 0.4) is 0 Å². The smallest absolute Gasteiger partial charge is 0.243 e. The summed E-state index contributed by atoms with van der Waals surface area (Å²) in [6, 6.07) is 6.90. The highest BCUT2D eigenvalue weighted by molar-refractivity contribution is 7.89. The van der Waals surface area contributed by atoms with Crippen LogP contribution in [0.4, 0.5) is 5.69 Å². The molecule has 19 heavy (non-hydrogen) atoms. The van der Waals surface area contributed by atoms with Crippen LogP contribution in [0.5, 0.6) is 0 Å². The van der Waals surface area contributed by atoms with Crippen molar-refractivity contribution in [3.05, 3.63) is 24.3 Å². The second kappa shape index (κ2) is 5.48. The molecular weight excluding hydrogens is 262 g/mol. The summed E-state index contributed by atoms with van der Waals surface area (Å²) in [7, 11) is 0.447. The Labute approximate surface area is 115 Å². The van der Waals surface area contributed by atoms with E-state index in [1.54, 1.807) is 28.6 Å². The van der Waals surface area contributed by atoms with Crippen molar-refractivity contribution in [2.24, 2.45) is 0 Å². The van der Waals surface area contributed by atoms with Gasteiger partial charge in [0.25, 0.3) is 0 Å². The molecule has 1 N–H and O–H groups in total. The Morgan fingerprint density at radius 1 is 1.21 bits per heavy atom. The third-order valence-corrected chi connectivity index (χ3v) is 5.55. The molecule has 1 atom stereocenters. The Kier molecular flexibility index (Phi) is 4.13. The van der Waals surface area contributed by atoms with Gasteiger partial charge >= 0.3 is 0 Å². The van der Waals surface area contributed by atoms with Crippen LogP contribution in [0.25, 0.3) is 0 Å². The average molecular weight is 283 g/mol. The molecule has 1 aliphatic heterocycles. The highest BCUT2D eigenvalue weighted by atomic mass is 32.2. The van der Waals surface area contributed by atoms with E-state index >= 15 is 0 Å². The molecule has 0 saturated carbocycles. The number of likely N-dealkylation sites (N-methyl/N-ethyl adjacent to an activating group) is 1. The van der Waals surface area contributed by atoms with Crippen LogP contribution in [-0.2, 0) is 10.0 Å². The van der Waals surface area contributed by atoms with Crippen LogP contribution < -0.4 is 5.32 Å². The van der Waals surface area contributed by atoms with Gasteiger partial charge in [0.1, 0.15) is 0 Å². The molecule has 1 aliphatic rings. The molecule has 0 aliphatic carbocycles. The summed E-state index contributed by atoms with van der Waals surface area (Å²) in [6.07, 6.45) is 0. The van der Waals surface area contributed by atoms with Gasteiger partial charge in [-0.1, -0.05) is 0 Å². The Morgan fingerprint density at radius 3 is 2.37 bits per heavy atom. The lowest BCUT2D eigenvalue weighted by atomic mass is 10.2. The van der Waals surface area contributed by atoms with E-state index in [4.69, 9.17) is 0 Å².